The van der Waals surface area contributed by atoms with Crippen LogP contribution in [0.15, 0.2) is 143 Å². The van der Waals surface area contributed by atoms with Gasteiger partial charge in [-0.1, -0.05) is 134 Å². The Morgan fingerprint density at radius 2 is 1.55 bits per heavy atom. The summed E-state index contributed by atoms with van der Waals surface area (Å²) in [5.74, 6) is -2.26. The number of carbonyl (C=O) groups excluding carboxylic acids is 4. The molecule has 15 heteroatoms. The van der Waals surface area contributed by atoms with Crippen LogP contribution in [0.25, 0.3) is 6.08 Å². The van der Waals surface area contributed by atoms with E-state index < -0.39 is 53.0 Å². The van der Waals surface area contributed by atoms with E-state index in [1.807, 2.05) is 104 Å². The molecule has 8 rings (SSSR count). The molecule has 316 valence electrons. The third-order valence-electron chi connectivity index (χ3n) is 11.3. The molecule has 2 atom stereocenters. The number of benzene rings is 3. The molecule has 0 radical (unpaired) electrons. The van der Waals surface area contributed by atoms with E-state index in [0.29, 0.717) is 24.2 Å². The summed E-state index contributed by atoms with van der Waals surface area (Å²) < 4.78 is 11.0. The van der Waals surface area contributed by atoms with Gasteiger partial charge in [0.2, 0.25) is 12.4 Å². The van der Waals surface area contributed by atoms with Crippen LogP contribution in [0.1, 0.15) is 67.0 Å². The molecule has 0 unspecified atom stereocenters. The van der Waals surface area contributed by atoms with Crippen molar-refractivity contribution in [3.8, 4) is 0 Å². The predicted octanol–water partition coefficient (Wildman–Crippen LogP) is 7.21. The molecule has 4 heterocycles. The van der Waals surface area contributed by atoms with Crippen molar-refractivity contribution in [3.05, 3.63) is 166 Å². The highest BCUT2D eigenvalue weighted by Crippen LogP contribution is 2.43. The molecule has 3 N–H and O–H groups in total. The van der Waals surface area contributed by atoms with E-state index in [1.165, 1.54) is 16.7 Å². The number of amides is 2. The SMILES string of the molecule is CC1(C(=O)OCOC(=O)C2=C(/C=C\c3cccnc3)CS[C@H]3[C@H](NC(=O)C(=NOC(c4ccccc4)(c4ccccc4)c4ccccc4)c4csc(N)n4)C(=O)N23)CCCCC1. The van der Waals surface area contributed by atoms with Crippen LogP contribution in [-0.2, 0) is 39.1 Å². The van der Waals surface area contributed by atoms with E-state index in [0.717, 1.165) is 52.9 Å². The van der Waals surface area contributed by atoms with Crippen molar-refractivity contribution >= 4 is 63.8 Å². The van der Waals surface area contributed by atoms with E-state index in [1.54, 1.807) is 36.0 Å². The van der Waals surface area contributed by atoms with Crippen LogP contribution in [0.2, 0.25) is 0 Å². The number of thiazole rings is 1. The summed E-state index contributed by atoms with van der Waals surface area (Å²) in [5, 5.41) is 8.53. The van der Waals surface area contributed by atoms with Crippen molar-refractivity contribution in [2.75, 3.05) is 18.3 Å². The fourth-order valence-corrected chi connectivity index (χ4v) is 9.81. The van der Waals surface area contributed by atoms with Crippen molar-refractivity contribution < 1.29 is 33.5 Å². The Balaban J connectivity index is 1.08. The van der Waals surface area contributed by atoms with Gasteiger partial charge in [0.25, 0.3) is 11.8 Å². The number of thioether (sulfide) groups is 1. The van der Waals surface area contributed by atoms with Gasteiger partial charge < -0.3 is 25.4 Å². The summed E-state index contributed by atoms with van der Waals surface area (Å²) in [5.41, 5.74) is 7.58. The summed E-state index contributed by atoms with van der Waals surface area (Å²) in [7, 11) is 0. The first-order valence-electron chi connectivity index (χ1n) is 20.2. The second-order valence-electron chi connectivity index (χ2n) is 15.3. The highest BCUT2D eigenvalue weighted by atomic mass is 32.2. The van der Waals surface area contributed by atoms with Crippen LogP contribution < -0.4 is 11.1 Å². The number of aromatic nitrogens is 2. The zero-order valence-electron chi connectivity index (χ0n) is 33.8. The molecule has 3 aromatic carbocycles. The van der Waals surface area contributed by atoms with Gasteiger partial charge in [0.05, 0.1) is 5.41 Å². The number of ether oxygens (including phenoxy) is 2. The van der Waals surface area contributed by atoms with Crippen molar-refractivity contribution in [2.45, 2.75) is 56.0 Å². The molecule has 2 aliphatic heterocycles. The number of β-lactam (4-membered cyclic amide) rings is 1. The highest BCUT2D eigenvalue weighted by molar-refractivity contribution is 8.00. The number of nitrogens with two attached hydrogens (primary N) is 1. The first-order valence-corrected chi connectivity index (χ1v) is 22.2. The molecular formula is C47H44N6O7S2. The Morgan fingerprint density at radius 1 is 0.903 bits per heavy atom. The van der Waals surface area contributed by atoms with Gasteiger partial charge in [0, 0.05) is 40.2 Å². The minimum Gasteiger partial charge on any atom is -0.427 e. The maximum atomic E-state index is 14.5. The maximum absolute atomic E-state index is 14.5. The van der Waals surface area contributed by atoms with Gasteiger partial charge in [-0.25, -0.2) is 9.78 Å². The third-order valence-corrected chi connectivity index (χ3v) is 13.2. The molecule has 3 aliphatic rings. The van der Waals surface area contributed by atoms with Crippen molar-refractivity contribution in [1.82, 2.24) is 20.2 Å². The first kappa shape index (κ1) is 42.1. The minimum atomic E-state index is -1.32. The van der Waals surface area contributed by atoms with Gasteiger partial charge in [-0.15, -0.1) is 23.1 Å². The number of fused-ring (bicyclic) bond motifs is 1. The van der Waals surface area contributed by atoms with Crippen molar-refractivity contribution in [3.63, 3.8) is 0 Å². The van der Waals surface area contributed by atoms with Crippen LogP contribution in [0.3, 0.4) is 0 Å². The zero-order chi connectivity index (χ0) is 43.1. The van der Waals surface area contributed by atoms with Gasteiger partial charge in [0.1, 0.15) is 22.8 Å². The van der Waals surface area contributed by atoms with Gasteiger partial charge in [-0.3, -0.25) is 24.3 Å². The Morgan fingerprint density at radius 3 is 2.13 bits per heavy atom. The fourth-order valence-electron chi connectivity index (χ4n) is 7.95. The smallest absolute Gasteiger partial charge is 0.358 e. The Hall–Kier alpha value is -6.58. The molecule has 0 spiro atoms. The van der Waals surface area contributed by atoms with Gasteiger partial charge >= 0.3 is 11.9 Å². The number of hydrogen-bond acceptors (Lipinski definition) is 13. The number of nitrogens with zero attached hydrogens (tertiary/aromatic N) is 4. The van der Waals surface area contributed by atoms with E-state index in [9.17, 15) is 19.2 Å². The highest BCUT2D eigenvalue weighted by Gasteiger charge is 2.55. The molecule has 0 bridgehead atoms. The number of esters is 2. The zero-order valence-corrected chi connectivity index (χ0v) is 35.5. The quantitative estimate of drug-likeness (QED) is 0.0288. The molecule has 2 amide bonds. The number of pyridine rings is 1. The average Bonchev–Trinajstić information content (AvgIpc) is 3.75. The van der Waals surface area contributed by atoms with Crippen LogP contribution in [-0.4, -0.2) is 68.3 Å². The molecule has 62 heavy (non-hydrogen) atoms. The fraction of sp³-hybridized carbons (Fsp3) is 0.255. The Labute approximate surface area is 367 Å². The molecule has 1 saturated heterocycles. The van der Waals surface area contributed by atoms with Crippen LogP contribution >= 0.6 is 23.1 Å². The number of oxime groups is 1. The summed E-state index contributed by atoms with van der Waals surface area (Å²) in [6, 6.07) is 31.2. The Bertz CT molecular complexity index is 2410. The van der Waals surface area contributed by atoms with Crippen LogP contribution in [0, 0.1) is 5.41 Å². The summed E-state index contributed by atoms with van der Waals surface area (Å²) in [6.45, 7) is 1.26. The molecule has 2 aromatic heterocycles. The number of carbonyl (C=O) groups is 4. The van der Waals surface area contributed by atoms with E-state index in [-0.39, 0.29) is 22.2 Å². The summed E-state index contributed by atoms with van der Waals surface area (Å²) in [6.07, 6.45) is 11.1. The Kier molecular flexibility index (Phi) is 12.6. The maximum Gasteiger partial charge on any atom is 0.358 e. The number of nitrogens with one attached hydrogen (secondary N) is 1. The lowest BCUT2D eigenvalue weighted by molar-refractivity contribution is -0.176. The van der Waals surface area contributed by atoms with Crippen molar-refractivity contribution in [1.29, 1.82) is 0 Å². The molecule has 1 saturated carbocycles. The second-order valence-corrected chi connectivity index (χ2v) is 17.3. The largest absolute Gasteiger partial charge is 0.427 e. The molecule has 13 nitrogen and oxygen atoms in total. The summed E-state index contributed by atoms with van der Waals surface area (Å²) >= 11 is 2.49. The first-order chi connectivity index (χ1) is 30.2. The number of hydrogen-bond donors (Lipinski definition) is 2. The van der Waals surface area contributed by atoms with Crippen LogP contribution in [0.5, 0.6) is 0 Å². The third kappa shape index (κ3) is 8.63. The van der Waals surface area contributed by atoms with Gasteiger partial charge in [-0.05, 0) is 37.0 Å². The standard InChI is InChI=1S/C47H44N6O7S2/c1-46(24-12-5-13-25-46)44(57)59-30-58-43(56)39-32(23-22-31-15-14-26-49-27-31)28-61-42-38(41(55)53(39)42)51-40(54)37(36-29-62-45(48)50-36)52-60-47(33-16-6-2-7-17-33,34-18-8-3-9-19-34)35-20-10-4-11-21-35/h2-4,6-11,14-23,26-27,29,38,42H,5,12-13,24-25,28,30H2,1H3,(H2,48,50)(H,51,54)/b23-22-,52-37?/t38-,42+/m1/s1. The van der Waals surface area contributed by atoms with E-state index in [2.05, 4.69) is 20.4 Å². The number of allylic oxidation sites excluding steroid dienone is 1. The summed E-state index contributed by atoms with van der Waals surface area (Å²) in [4.78, 5) is 72.0. The second kappa shape index (κ2) is 18.6. The van der Waals surface area contributed by atoms with Gasteiger partial charge in [-0.2, -0.15) is 0 Å². The molecular weight excluding hydrogens is 825 g/mol. The van der Waals surface area contributed by atoms with Crippen molar-refractivity contribution in [2.24, 2.45) is 10.6 Å². The monoisotopic (exact) mass is 868 g/mol. The molecule has 5 aromatic rings. The van der Waals surface area contributed by atoms with E-state index >= 15 is 0 Å². The lowest BCUT2D eigenvalue weighted by Gasteiger charge is -2.49. The topological polar surface area (TPSA) is 175 Å². The number of rotatable bonds is 14. The predicted molar refractivity (Wildman–Crippen MR) is 237 cm³/mol. The van der Waals surface area contributed by atoms with E-state index in [4.69, 9.17) is 20.0 Å². The lowest BCUT2D eigenvalue weighted by Crippen LogP contribution is -2.71. The average molecular weight is 869 g/mol. The molecule has 1 aliphatic carbocycles. The molecule has 2 fully saturated rings. The minimum absolute atomic E-state index is 0.00724. The number of anilines is 1. The lowest BCUT2D eigenvalue weighted by atomic mass is 9.76. The van der Waals surface area contributed by atoms with Crippen LogP contribution in [0.4, 0.5) is 5.13 Å². The van der Waals surface area contributed by atoms with Gasteiger partial charge in [0.15, 0.2) is 10.8 Å². The number of nitrogen functional groups attached to an aromatic ring is 1. The normalized spacial score (nSPS) is 18.7.